The van der Waals surface area contributed by atoms with Crippen LogP contribution < -0.4 is 14.8 Å². The summed E-state index contributed by atoms with van der Waals surface area (Å²) in [4.78, 5) is 26.1. The van der Waals surface area contributed by atoms with Gasteiger partial charge in [-0.1, -0.05) is 25.3 Å². The van der Waals surface area contributed by atoms with Crippen LogP contribution in [0.4, 0.5) is 13.2 Å². The second-order valence-corrected chi connectivity index (χ2v) is 7.88. The number of nitrogens with zero attached hydrogens (tertiary/aromatic N) is 1. The Morgan fingerprint density at radius 2 is 1.84 bits per heavy atom. The van der Waals surface area contributed by atoms with Gasteiger partial charge in [-0.15, -0.1) is 0 Å². The van der Waals surface area contributed by atoms with Gasteiger partial charge in [0.1, 0.15) is 5.76 Å². The van der Waals surface area contributed by atoms with E-state index < -0.39 is 30.6 Å². The number of carbonyl (C=O) groups is 2. The molecule has 0 bridgehead atoms. The first kappa shape index (κ1) is 22.0. The Bertz CT molecular complexity index is 955. The Hall–Kier alpha value is -3.17. The summed E-state index contributed by atoms with van der Waals surface area (Å²) >= 11 is 0. The van der Waals surface area contributed by atoms with Crippen molar-refractivity contribution in [3.05, 3.63) is 47.9 Å². The van der Waals surface area contributed by atoms with Crippen molar-refractivity contribution in [2.75, 3.05) is 6.79 Å². The van der Waals surface area contributed by atoms with Crippen LogP contribution in [-0.4, -0.2) is 35.7 Å². The van der Waals surface area contributed by atoms with Gasteiger partial charge in [-0.2, -0.15) is 13.2 Å². The average molecular weight is 452 g/mol. The minimum absolute atomic E-state index is 0.00278. The summed E-state index contributed by atoms with van der Waals surface area (Å²) in [6.07, 6.45) is 0.478. The van der Waals surface area contributed by atoms with E-state index in [1.807, 2.05) is 0 Å². The highest BCUT2D eigenvalue weighted by Crippen LogP contribution is 2.35. The molecule has 2 aromatic rings. The van der Waals surface area contributed by atoms with E-state index in [1.54, 1.807) is 6.07 Å². The molecule has 32 heavy (non-hydrogen) atoms. The molecule has 0 saturated heterocycles. The maximum absolute atomic E-state index is 13.5. The Morgan fingerprint density at radius 1 is 1.09 bits per heavy atom. The predicted octanol–water partition coefficient (Wildman–Crippen LogP) is 4.09. The van der Waals surface area contributed by atoms with E-state index >= 15 is 0 Å². The van der Waals surface area contributed by atoms with Crippen LogP contribution in [0.1, 0.15) is 49.5 Å². The highest BCUT2D eigenvalue weighted by Gasteiger charge is 2.47. The number of amides is 2. The first-order valence-electron chi connectivity index (χ1n) is 10.4. The molecule has 1 aromatic heterocycles. The zero-order valence-corrected chi connectivity index (χ0v) is 17.2. The maximum atomic E-state index is 13.5. The molecule has 1 saturated carbocycles. The van der Waals surface area contributed by atoms with E-state index in [4.69, 9.17) is 13.9 Å². The number of furan rings is 1. The van der Waals surface area contributed by atoms with Crippen molar-refractivity contribution in [3.8, 4) is 11.5 Å². The standard InChI is InChI=1S/C22H23F3N2O5/c23-22(24,25)21(29)27(12-14-8-9-16-18(11-14)32-13-31-16)19(17-7-4-10-30-17)20(28)26-15-5-2-1-3-6-15/h4,7-11,15,19H,1-3,5-6,12-13H2,(H,26,28)/t19-/m0/s1. The molecule has 1 aromatic carbocycles. The van der Waals surface area contributed by atoms with E-state index in [2.05, 4.69) is 5.32 Å². The van der Waals surface area contributed by atoms with Crippen LogP contribution in [0.5, 0.6) is 11.5 Å². The smallest absolute Gasteiger partial charge is 0.467 e. The maximum Gasteiger partial charge on any atom is 0.471 e. The van der Waals surface area contributed by atoms with Crippen molar-refractivity contribution in [1.82, 2.24) is 10.2 Å². The minimum atomic E-state index is -5.17. The fraction of sp³-hybridized carbons (Fsp3) is 0.455. The number of hydrogen-bond acceptors (Lipinski definition) is 5. The number of fused-ring (bicyclic) bond motifs is 1. The zero-order chi connectivity index (χ0) is 22.7. The van der Waals surface area contributed by atoms with Crippen molar-refractivity contribution < 1.29 is 36.7 Å². The van der Waals surface area contributed by atoms with Crippen LogP contribution in [0.2, 0.25) is 0 Å². The second kappa shape index (κ2) is 9.13. The third-order valence-corrected chi connectivity index (χ3v) is 5.62. The van der Waals surface area contributed by atoms with Crippen molar-refractivity contribution in [2.24, 2.45) is 0 Å². The lowest BCUT2D eigenvalue weighted by atomic mass is 9.95. The van der Waals surface area contributed by atoms with Crippen molar-refractivity contribution in [2.45, 2.75) is 56.9 Å². The Labute approximate surface area is 182 Å². The topological polar surface area (TPSA) is 81.0 Å². The lowest BCUT2D eigenvalue weighted by Crippen LogP contribution is -2.50. The normalized spacial score (nSPS) is 17.1. The number of benzene rings is 1. The van der Waals surface area contributed by atoms with Gasteiger partial charge in [0.05, 0.1) is 6.26 Å². The molecular weight excluding hydrogens is 429 g/mol. The molecular formula is C22H23F3N2O5. The van der Waals surface area contributed by atoms with Crippen molar-refractivity contribution >= 4 is 11.8 Å². The van der Waals surface area contributed by atoms with Crippen LogP contribution in [-0.2, 0) is 16.1 Å². The van der Waals surface area contributed by atoms with Gasteiger partial charge in [0.15, 0.2) is 17.5 Å². The Morgan fingerprint density at radius 3 is 2.53 bits per heavy atom. The number of carbonyl (C=O) groups excluding carboxylic acids is 2. The summed E-state index contributed by atoms with van der Waals surface area (Å²) in [6, 6.07) is 5.71. The molecule has 1 fully saturated rings. The van der Waals surface area contributed by atoms with Crippen LogP contribution in [0.15, 0.2) is 41.0 Å². The van der Waals surface area contributed by atoms with Crippen LogP contribution in [0.3, 0.4) is 0 Å². The van der Waals surface area contributed by atoms with Gasteiger partial charge in [0.2, 0.25) is 6.79 Å². The highest BCUT2D eigenvalue weighted by molar-refractivity contribution is 5.90. The van der Waals surface area contributed by atoms with E-state index in [9.17, 15) is 22.8 Å². The molecule has 0 unspecified atom stereocenters. The summed E-state index contributed by atoms with van der Waals surface area (Å²) in [5.74, 6) is -2.06. The number of hydrogen-bond donors (Lipinski definition) is 1. The first-order valence-corrected chi connectivity index (χ1v) is 10.4. The van der Waals surface area contributed by atoms with Crippen LogP contribution in [0, 0.1) is 0 Å². The Kier molecular flexibility index (Phi) is 6.29. The molecule has 2 heterocycles. The number of rotatable bonds is 6. The van der Waals surface area contributed by atoms with Crippen LogP contribution in [0.25, 0.3) is 0 Å². The summed E-state index contributed by atoms with van der Waals surface area (Å²) in [5, 5.41) is 2.82. The second-order valence-electron chi connectivity index (χ2n) is 7.88. The minimum Gasteiger partial charge on any atom is -0.467 e. The van der Waals surface area contributed by atoms with Gasteiger partial charge < -0.3 is 24.1 Å². The quantitative estimate of drug-likeness (QED) is 0.714. The average Bonchev–Trinajstić information content (AvgIpc) is 3.44. The van der Waals surface area contributed by atoms with Crippen molar-refractivity contribution in [3.63, 3.8) is 0 Å². The summed E-state index contributed by atoms with van der Waals surface area (Å²) in [5.41, 5.74) is 0.355. The van der Waals surface area contributed by atoms with Crippen molar-refractivity contribution in [1.29, 1.82) is 0 Å². The molecule has 2 aliphatic rings. The molecule has 1 aliphatic heterocycles. The number of nitrogens with one attached hydrogen (secondary N) is 1. The molecule has 4 rings (SSSR count). The lowest BCUT2D eigenvalue weighted by molar-refractivity contribution is -0.190. The van der Waals surface area contributed by atoms with Gasteiger partial charge in [0.25, 0.3) is 5.91 Å². The number of alkyl halides is 3. The summed E-state index contributed by atoms with van der Waals surface area (Å²) in [7, 11) is 0. The van der Waals surface area contributed by atoms with Gasteiger partial charge in [-0.05, 0) is 42.7 Å². The van der Waals surface area contributed by atoms with Crippen LogP contribution >= 0.6 is 0 Å². The lowest BCUT2D eigenvalue weighted by Gasteiger charge is -2.32. The fourth-order valence-electron chi connectivity index (χ4n) is 4.08. The molecule has 1 aliphatic carbocycles. The number of halogens is 3. The molecule has 1 atom stereocenters. The molecule has 2 amide bonds. The highest BCUT2D eigenvalue weighted by atomic mass is 19.4. The van der Waals surface area contributed by atoms with Gasteiger partial charge in [0, 0.05) is 12.6 Å². The Balaban J connectivity index is 1.66. The predicted molar refractivity (Wildman–Crippen MR) is 106 cm³/mol. The summed E-state index contributed by atoms with van der Waals surface area (Å²) < 4.78 is 56.4. The molecule has 1 N–H and O–H groups in total. The molecule has 172 valence electrons. The third-order valence-electron chi connectivity index (χ3n) is 5.62. The molecule has 0 spiro atoms. The molecule has 7 nitrogen and oxygen atoms in total. The van der Waals surface area contributed by atoms with E-state index in [-0.39, 0.29) is 18.6 Å². The SMILES string of the molecule is O=C(NC1CCCCC1)[C@H](c1ccco1)N(Cc1ccc2c(c1)OCO2)C(=O)C(F)(F)F. The fourth-order valence-corrected chi connectivity index (χ4v) is 4.08. The molecule has 10 heteroatoms. The zero-order valence-electron chi connectivity index (χ0n) is 17.2. The van der Waals surface area contributed by atoms with Gasteiger partial charge in [-0.3, -0.25) is 9.59 Å². The monoisotopic (exact) mass is 452 g/mol. The van der Waals surface area contributed by atoms with E-state index in [0.717, 1.165) is 32.1 Å². The summed E-state index contributed by atoms with van der Waals surface area (Å²) in [6.45, 7) is -0.471. The molecule has 0 radical (unpaired) electrons. The third kappa shape index (κ3) is 4.84. The number of ether oxygens (including phenoxy) is 2. The largest absolute Gasteiger partial charge is 0.471 e. The van der Waals surface area contributed by atoms with Gasteiger partial charge in [-0.25, -0.2) is 0 Å². The first-order chi connectivity index (χ1) is 15.3. The van der Waals surface area contributed by atoms with E-state index in [1.165, 1.54) is 30.5 Å². The van der Waals surface area contributed by atoms with Gasteiger partial charge >= 0.3 is 12.1 Å². The van der Waals surface area contributed by atoms with E-state index in [0.29, 0.717) is 22.0 Å².